The van der Waals surface area contributed by atoms with E-state index in [0.29, 0.717) is 0 Å². The Morgan fingerprint density at radius 3 is 0.744 bits per heavy atom. The van der Waals surface area contributed by atoms with Crippen LogP contribution in [0.15, 0.2) is 194 Å². The second-order valence-corrected chi connectivity index (χ2v) is 21.2. The van der Waals surface area contributed by atoms with Crippen molar-refractivity contribution >= 4 is 81.9 Å². The first-order valence-electron chi connectivity index (χ1n) is 26.1. The topological polar surface area (TPSA) is 3.88 Å². The molecule has 0 amide bonds. The van der Waals surface area contributed by atoms with Crippen LogP contribution in [-0.2, 0) is 56.0 Å². The van der Waals surface area contributed by atoms with Crippen LogP contribution in [0, 0.1) is 0 Å². The minimum atomic E-state index is -6.13. The number of benzene rings is 10. The average molecular weight is 1280 g/mol. The van der Waals surface area contributed by atoms with Crippen molar-refractivity contribution < 1.29 is 110 Å². The summed E-state index contributed by atoms with van der Waals surface area (Å²) in [6.07, 6.45) is -50.3. The zero-order valence-electron chi connectivity index (χ0n) is 44.8. The highest BCUT2D eigenvalue weighted by Gasteiger charge is 2.47. The van der Waals surface area contributed by atoms with Gasteiger partial charge in [0.05, 0.1) is 44.5 Å². The van der Waals surface area contributed by atoms with Gasteiger partial charge in [-0.1, -0.05) is 115 Å². The van der Waals surface area contributed by atoms with Crippen LogP contribution in [0.25, 0.3) is 53.9 Å². The Morgan fingerprint density at radius 1 is 0.244 bits per heavy atom. The summed E-state index contributed by atoms with van der Waals surface area (Å²) < 4.78 is 343. The van der Waals surface area contributed by atoms with E-state index < -0.39 is 195 Å². The van der Waals surface area contributed by atoms with Crippen LogP contribution in [-0.4, -0.2) is 6.15 Å². The Morgan fingerprint density at radius 2 is 0.478 bits per heavy atom. The summed E-state index contributed by atoms with van der Waals surface area (Å²) in [7, 11) is 0. The van der Waals surface area contributed by atoms with Crippen molar-refractivity contribution in [3.05, 3.63) is 244 Å². The van der Waals surface area contributed by atoms with Gasteiger partial charge in [0.15, 0.2) is 18.9 Å². The van der Waals surface area contributed by atoms with Crippen LogP contribution < -0.4 is 26.4 Å². The summed E-state index contributed by atoms with van der Waals surface area (Å²) in [6.45, 7) is 0.829. The van der Waals surface area contributed by atoms with E-state index in [1.807, 2.05) is 0 Å². The summed E-state index contributed by atoms with van der Waals surface area (Å²) in [6, 6.07) is 31.1. The zero-order valence-corrected chi connectivity index (χ0v) is 44.8. The first kappa shape index (κ1) is 64.0. The van der Waals surface area contributed by atoms with Gasteiger partial charge in [0.2, 0.25) is 0 Å². The monoisotopic (exact) mass is 1280 g/mol. The van der Waals surface area contributed by atoms with Crippen LogP contribution in [0.1, 0.15) is 50.1 Å². The quantitative estimate of drug-likeness (QED) is 0.0676. The van der Waals surface area contributed by atoms with Gasteiger partial charge in [-0.15, -0.1) is 0 Å². The minimum absolute atomic E-state index is 0.691. The molecule has 0 N–H and O–H groups in total. The van der Waals surface area contributed by atoms with Gasteiger partial charge in [-0.2, -0.15) is 127 Å². The Kier molecular flexibility index (Phi) is 15.8. The maximum atomic E-state index is 14.2. The number of fused-ring (bicyclic) bond motifs is 5. The molecule has 1 heterocycles. The Balaban J connectivity index is 0.000000225. The van der Waals surface area contributed by atoms with Gasteiger partial charge in [0, 0.05) is 17.0 Å². The van der Waals surface area contributed by atoms with Gasteiger partial charge < -0.3 is 0 Å². The molecule has 1 aromatic heterocycles. The fourth-order valence-corrected chi connectivity index (χ4v) is 11.3. The van der Waals surface area contributed by atoms with Crippen molar-refractivity contribution in [1.82, 2.24) is 0 Å². The van der Waals surface area contributed by atoms with Crippen LogP contribution in [0.4, 0.5) is 105 Å². The zero-order chi connectivity index (χ0) is 65.7. The van der Waals surface area contributed by atoms with Crippen molar-refractivity contribution in [1.29, 1.82) is 0 Å². The number of hydrogen-bond acceptors (Lipinski definition) is 0. The Hall–Kier alpha value is -8.97. The number of aromatic nitrogens is 1. The van der Waals surface area contributed by atoms with E-state index in [-0.39, 0.29) is 0 Å². The third kappa shape index (κ3) is 12.9. The summed E-state index contributed by atoms with van der Waals surface area (Å²) in [5.41, 5.74) is -28.8. The molecule has 0 bridgehead atoms. The van der Waals surface area contributed by atoms with Crippen LogP contribution in [0.5, 0.6) is 0 Å². The molecular formula is C64H34BF24N. The van der Waals surface area contributed by atoms with E-state index in [9.17, 15) is 105 Å². The van der Waals surface area contributed by atoms with Crippen LogP contribution >= 0.6 is 0 Å². The lowest BCUT2D eigenvalue weighted by atomic mass is 9.12. The normalized spacial score (nSPS) is 13.4. The molecule has 11 aromatic rings. The fraction of sp³-hybridized carbons (Fsp3) is 0.141. The first-order chi connectivity index (χ1) is 41.6. The molecule has 90 heavy (non-hydrogen) atoms. The molecule has 0 saturated heterocycles. The largest absolute Gasteiger partial charge is 0.416 e. The predicted molar refractivity (Wildman–Crippen MR) is 290 cm³/mol. The molecule has 0 aliphatic heterocycles. The highest BCUT2D eigenvalue weighted by atomic mass is 19.4. The number of rotatable bonds is 6. The molecule has 0 saturated carbocycles. The fourth-order valence-electron chi connectivity index (χ4n) is 11.3. The standard InChI is InChI=1S/C32H12BF24.C32H22N/c34-25(35,36)13-1-14(26(37,38)39)6-21(5-13)33(22-7-15(27(40,41)42)2-16(8-22)28(43,44)45,23-9-17(29(46,47)48)3-18(10-23)30(49,50)51)24-11-19(31(52,53)54)4-20(12-24)32(55,56)57;1-6-12-27-20-33(14-13-22(27)7-1)21-32-30-18-25-10-4-2-8-23(25)15-28(30)17-29-16-24-9-3-5-11-26(24)19-31(29)32/h1-12H;1-20H,21H2/q-1;+1. The van der Waals surface area contributed by atoms with E-state index in [1.165, 1.54) is 59.4 Å². The highest BCUT2D eigenvalue weighted by Crippen LogP contribution is 2.42. The number of alkyl halides is 24. The van der Waals surface area contributed by atoms with Gasteiger partial charge in [-0.3, -0.25) is 0 Å². The molecule has 0 aliphatic rings. The second kappa shape index (κ2) is 22.2. The molecule has 11 rings (SSSR count). The lowest BCUT2D eigenvalue weighted by molar-refractivity contribution is -0.686. The van der Waals surface area contributed by atoms with Crippen molar-refractivity contribution in [3.63, 3.8) is 0 Å². The molecule has 466 valence electrons. The molecular weight excluding hydrogens is 1250 g/mol. The molecule has 0 unspecified atom stereocenters. The first-order valence-corrected chi connectivity index (χ1v) is 26.1. The van der Waals surface area contributed by atoms with Crippen LogP contribution in [0.2, 0.25) is 0 Å². The van der Waals surface area contributed by atoms with Crippen molar-refractivity contribution in [2.75, 3.05) is 0 Å². The third-order valence-electron chi connectivity index (χ3n) is 15.3. The van der Waals surface area contributed by atoms with E-state index >= 15 is 0 Å². The minimum Gasteiger partial charge on any atom is -0.200 e. The molecule has 0 aliphatic carbocycles. The summed E-state index contributed by atoms with van der Waals surface area (Å²) in [5, 5.41) is 12.9. The summed E-state index contributed by atoms with van der Waals surface area (Å²) in [4.78, 5) is 0. The maximum Gasteiger partial charge on any atom is 0.416 e. The maximum absolute atomic E-state index is 14.2. The Bertz CT molecular complexity index is 4050. The number of hydrogen-bond donors (Lipinski definition) is 0. The number of pyridine rings is 1. The van der Waals surface area contributed by atoms with Crippen LogP contribution in [0.3, 0.4) is 0 Å². The molecule has 0 fully saturated rings. The summed E-state index contributed by atoms with van der Waals surface area (Å²) >= 11 is 0. The number of nitrogens with zero attached hydrogens (tertiary/aromatic N) is 1. The van der Waals surface area contributed by atoms with Crippen molar-refractivity contribution in [3.8, 4) is 0 Å². The van der Waals surface area contributed by atoms with Gasteiger partial charge in [-0.25, -0.2) is 4.57 Å². The van der Waals surface area contributed by atoms with Crippen molar-refractivity contribution in [2.24, 2.45) is 0 Å². The smallest absolute Gasteiger partial charge is 0.200 e. The highest BCUT2D eigenvalue weighted by molar-refractivity contribution is 7.20. The van der Waals surface area contributed by atoms with E-state index in [2.05, 4.69) is 126 Å². The lowest BCUT2D eigenvalue weighted by Gasteiger charge is -2.46. The molecule has 1 nitrogen and oxygen atoms in total. The average Bonchev–Trinajstić information content (AvgIpc) is 0.714. The second-order valence-electron chi connectivity index (χ2n) is 21.2. The molecule has 0 radical (unpaired) electrons. The molecule has 0 spiro atoms. The summed E-state index contributed by atoms with van der Waals surface area (Å²) in [5.74, 6) is 0. The predicted octanol–water partition coefficient (Wildman–Crippen LogP) is 19.0. The molecule has 26 heteroatoms. The van der Waals surface area contributed by atoms with E-state index in [1.54, 1.807) is 0 Å². The van der Waals surface area contributed by atoms with Gasteiger partial charge in [-0.05, 0) is 109 Å². The molecule has 10 aromatic carbocycles. The van der Waals surface area contributed by atoms with Gasteiger partial charge >= 0.3 is 49.4 Å². The van der Waals surface area contributed by atoms with Gasteiger partial charge in [0.1, 0.15) is 6.15 Å². The van der Waals surface area contributed by atoms with E-state index in [4.69, 9.17) is 0 Å². The number of halogens is 24. The van der Waals surface area contributed by atoms with Gasteiger partial charge in [0.25, 0.3) is 0 Å². The van der Waals surface area contributed by atoms with E-state index in [0.717, 1.165) is 6.54 Å². The SMILES string of the molecule is FC(F)(F)c1cc([B-](c2cc(C(F)(F)F)cc(C(F)(F)F)c2)(c2cc(C(F)(F)F)cc(C(F)(F)F)c2)c2cc(C(F)(F)F)cc(C(F)(F)F)c2)cc(C(F)(F)F)c1.c1ccc2c[n+](Cc3c4cc5ccccc5cc4cc4cc5ccccc5cc34)ccc2c1. The Labute approximate surface area is 490 Å². The third-order valence-corrected chi connectivity index (χ3v) is 15.3. The lowest BCUT2D eigenvalue weighted by Crippen LogP contribution is -2.75. The molecule has 0 atom stereocenters. The van der Waals surface area contributed by atoms with Crippen molar-refractivity contribution in [2.45, 2.75) is 56.0 Å².